The number of fused-ring (bicyclic) bond motifs is 3. The SMILES string of the molecule is COC(=O)c1ccc2c(c1)oc1nc(Cc3ccccc3)nc(NCC3CCCNC3)c12. The van der Waals surface area contributed by atoms with Gasteiger partial charge in [0.15, 0.2) is 0 Å². The molecule has 0 spiro atoms. The molecule has 0 aliphatic carbocycles. The lowest BCUT2D eigenvalue weighted by molar-refractivity contribution is 0.0601. The minimum absolute atomic E-state index is 0.397. The summed E-state index contributed by atoms with van der Waals surface area (Å²) in [6.45, 7) is 2.92. The van der Waals surface area contributed by atoms with Gasteiger partial charge >= 0.3 is 5.97 Å². The molecule has 0 radical (unpaired) electrons. The van der Waals surface area contributed by atoms with Gasteiger partial charge in [-0.2, -0.15) is 4.98 Å². The third-order valence-electron chi connectivity index (χ3n) is 5.96. The summed E-state index contributed by atoms with van der Waals surface area (Å²) in [6.07, 6.45) is 3.00. The monoisotopic (exact) mass is 430 g/mol. The summed E-state index contributed by atoms with van der Waals surface area (Å²) in [5, 5.41) is 8.75. The van der Waals surface area contributed by atoms with Gasteiger partial charge in [-0.3, -0.25) is 0 Å². The summed E-state index contributed by atoms with van der Waals surface area (Å²) in [6, 6.07) is 15.5. The van der Waals surface area contributed by atoms with Crippen molar-refractivity contribution >= 4 is 33.9 Å². The molecular formula is C25H26N4O3. The number of benzene rings is 2. The number of esters is 1. The number of aromatic nitrogens is 2. The van der Waals surface area contributed by atoms with Crippen LogP contribution in [0.3, 0.4) is 0 Å². The fourth-order valence-corrected chi connectivity index (χ4v) is 4.29. The molecule has 1 unspecified atom stereocenters. The van der Waals surface area contributed by atoms with E-state index in [4.69, 9.17) is 19.1 Å². The fourth-order valence-electron chi connectivity index (χ4n) is 4.29. The maximum Gasteiger partial charge on any atom is 0.337 e. The predicted molar refractivity (Wildman–Crippen MR) is 124 cm³/mol. The maximum absolute atomic E-state index is 12.0. The number of carbonyl (C=O) groups is 1. The lowest BCUT2D eigenvalue weighted by Crippen LogP contribution is -2.33. The van der Waals surface area contributed by atoms with E-state index >= 15 is 0 Å². The Morgan fingerprint density at radius 1 is 1.22 bits per heavy atom. The number of hydrogen-bond donors (Lipinski definition) is 2. The van der Waals surface area contributed by atoms with E-state index < -0.39 is 5.97 Å². The van der Waals surface area contributed by atoms with Gasteiger partial charge in [0.1, 0.15) is 17.2 Å². The molecule has 0 bridgehead atoms. The van der Waals surface area contributed by atoms with Crippen LogP contribution < -0.4 is 10.6 Å². The molecule has 2 aromatic heterocycles. The van der Waals surface area contributed by atoms with Gasteiger partial charge in [-0.05, 0) is 55.6 Å². The van der Waals surface area contributed by atoms with Crippen LogP contribution in [0, 0.1) is 5.92 Å². The van der Waals surface area contributed by atoms with E-state index in [2.05, 4.69) is 22.8 Å². The van der Waals surface area contributed by atoms with Crippen LogP contribution in [-0.2, 0) is 11.2 Å². The third-order valence-corrected chi connectivity index (χ3v) is 5.96. The minimum atomic E-state index is -0.397. The number of furan rings is 1. The topological polar surface area (TPSA) is 89.3 Å². The molecule has 32 heavy (non-hydrogen) atoms. The first kappa shape index (κ1) is 20.5. The Morgan fingerprint density at radius 3 is 2.88 bits per heavy atom. The van der Waals surface area contributed by atoms with E-state index in [1.165, 1.54) is 20.0 Å². The van der Waals surface area contributed by atoms with Gasteiger partial charge in [-0.1, -0.05) is 30.3 Å². The zero-order valence-electron chi connectivity index (χ0n) is 18.1. The first-order valence-electron chi connectivity index (χ1n) is 11.0. The number of carbonyl (C=O) groups excluding carboxylic acids is 1. The largest absolute Gasteiger partial charge is 0.465 e. The van der Waals surface area contributed by atoms with E-state index in [0.717, 1.165) is 41.8 Å². The lowest BCUT2D eigenvalue weighted by atomic mass is 10.00. The van der Waals surface area contributed by atoms with E-state index in [0.29, 0.717) is 35.0 Å². The fraction of sp³-hybridized carbons (Fsp3) is 0.320. The van der Waals surface area contributed by atoms with E-state index in [9.17, 15) is 4.79 Å². The number of nitrogens with zero attached hydrogens (tertiary/aromatic N) is 2. The number of ether oxygens (including phenoxy) is 1. The molecule has 3 heterocycles. The second-order valence-corrected chi connectivity index (χ2v) is 8.23. The standard InChI is InChI=1S/C25H26N4O3/c1-31-25(30)18-9-10-19-20(13-18)32-24-22(19)23(27-15-17-8-5-11-26-14-17)28-21(29-24)12-16-6-3-2-4-7-16/h2-4,6-7,9-10,13,17,26H,5,8,11-12,14-15H2,1H3,(H,27,28,29). The summed E-state index contributed by atoms with van der Waals surface area (Å²) in [5.74, 6) is 1.62. The highest BCUT2D eigenvalue weighted by Gasteiger charge is 2.19. The predicted octanol–water partition coefficient (Wildman–Crippen LogP) is 4.16. The van der Waals surface area contributed by atoms with Crippen molar-refractivity contribution in [1.82, 2.24) is 15.3 Å². The molecule has 2 aromatic carbocycles. The average Bonchev–Trinajstić information content (AvgIpc) is 3.21. The second-order valence-electron chi connectivity index (χ2n) is 8.23. The van der Waals surface area contributed by atoms with Gasteiger partial charge in [0, 0.05) is 18.4 Å². The smallest absolute Gasteiger partial charge is 0.337 e. The van der Waals surface area contributed by atoms with Crippen molar-refractivity contribution in [1.29, 1.82) is 0 Å². The number of methoxy groups -OCH3 is 1. The van der Waals surface area contributed by atoms with Crippen LogP contribution in [0.25, 0.3) is 22.1 Å². The summed E-state index contributed by atoms with van der Waals surface area (Å²) >= 11 is 0. The Morgan fingerprint density at radius 2 is 2.09 bits per heavy atom. The van der Waals surface area contributed by atoms with Crippen molar-refractivity contribution in [3.63, 3.8) is 0 Å². The van der Waals surface area contributed by atoms with E-state index in [-0.39, 0.29) is 0 Å². The Hall–Kier alpha value is -3.45. The average molecular weight is 431 g/mol. The van der Waals surface area contributed by atoms with Crippen LogP contribution in [0.15, 0.2) is 52.9 Å². The van der Waals surface area contributed by atoms with E-state index in [1.807, 2.05) is 24.3 Å². The molecule has 1 aliphatic rings. The molecule has 2 N–H and O–H groups in total. The van der Waals surface area contributed by atoms with Crippen molar-refractivity contribution in [2.75, 3.05) is 32.1 Å². The van der Waals surface area contributed by atoms with Crippen LogP contribution in [0.5, 0.6) is 0 Å². The second kappa shape index (κ2) is 8.96. The van der Waals surface area contributed by atoms with Crippen LogP contribution in [0.1, 0.15) is 34.6 Å². The quantitative estimate of drug-likeness (QED) is 0.444. The van der Waals surface area contributed by atoms with Gasteiger partial charge in [0.05, 0.1) is 18.1 Å². The highest BCUT2D eigenvalue weighted by molar-refractivity contribution is 6.10. The molecule has 0 amide bonds. The van der Waals surface area contributed by atoms with Crippen LogP contribution in [-0.4, -0.2) is 42.7 Å². The molecule has 4 aromatic rings. The molecule has 7 heteroatoms. The van der Waals surface area contributed by atoms with Crippen molar-refractivity contribution in [2.45, 2.75) is 19.3 Å². The Balaban J connectivity index is 1.56. The van der Waals surface area contributed by atoms with Gasteiger partial charge in [0.2, 0.25) is 5.71 Å². The first-order valence-corrected chi connectivity index (χ1v) is 11.0. The number of anilines is 1. The molecule has 164 valence electrons. The van der Waals surface area contributed by atoms with Crippen molar-refractivity contribution in [3.8, 4) is 0 Å². The number of hydrogen-bond acceptors (Lipinski definition) is 7. The van der Waals surface area contributed by atoms with Crippen LogP contribution in [0.4, 0.5) is 5.82 Å². The number of nitrogens with one attached hydrogen (secondary N) is 2. The molecule has 7 nitrogen and oxygen atoms in total. The van der Waals surface area contributed by atoms with Crippen LogP contribution >= 0.6 is 0 Å². The summed E-state index contributed by atoms with van der Waals surface area (Å²) in [5.41, 5.74) is 2.70. The summed E-state index contributed by atoms with van der Waals surface area (Å²) in [4.78, 5) is 21.6. The highest BCUT2D eigenvalue weighted by atomic mass is 16.5. The van der Waals surface area contributed by atoms with Gasteiger partial charge in [0.25, 0.3) is 0 Å². The van der Waals surface area contributed by atoms with Crippen molar-refractivity contribution in [3.05, 3.63) is 65.5 Å². The van der Waals surface area contributed by atoms with Crippen LogP contribution in [0.2, 0.25) is 0 Å². The van der Waals surface area contributed by atoms with Gasteiger partial charge < -0.3 is 19.8 Å². The normalized spacial score (nSPS) is 16.3. The Labute approximate surface area is 186 Å². The zero-order valence-corrected chi connectivity index (χ0v) is 18.1. The van der Waals surface area contributed by atoms with Crippen molar-refractivity contribution < 1.29 is 13.9 Å². The molecule has 0 saturated carbocycles. The molecular weight excluding hydrogens is 404 g/mol. The third kappa shape index (κ3) is 4.16. The maximum atomic E-state index is 12.0. The number of piperidine rings is 1. The first-order chi connectivity index (χ1) is 15.7. The van der Waals surface area contributed by atoms with E-state index in [1.54, 1.807) is 12.1 Å². The minimum Gasteiger partial charge on any atom is -0.465 e. The summed E-state index contributed by atoms with van der Waals surface area (Å²) < 4.78 is 10.9. The molecule has 1 atom stereocenters. The van der Waals surface area contributed by atoms with Gasteiger partial charge in [-0.15, -0.1) is 0 Å². The molecule has 5 rings (SSSR count). The highest BCUT2D eigenvalue weighted by Crippen LogP contribution is 2.33. The number of rotatable bonds is 6. The Bertz CT molecular complexity index is 1250. The molecule has 1 saturated heterocycles. The van der Waals surface area contributed by atoms with Gasteiger partial charge in [-0.25, -0.2) is 9.78 Å². The Kier molecular flexibility index (Phi) is 5.73. The van der Waals surface area contributed by atoms with Crippen molar-refractivity contribution in [2.24, 2.45) is 5.92 Å². The lowest BCUT2D eigenvalue weighted by Gasteiger charge is -2.23. The zero-order chi connectivity index (χ0) is 21.9. The summed E-state index contributed by atoms with van der Waals surface area (Å²) in [7, 11) is 1.37. The molecule has 1 aliphatic heterocycles. The molecule has 1 fully saturated rings.